The van der Waals surface area contributed by atoms with Crippen LogP contribution in [0.3, 0.4) is 0 Å². The number of nitrogens with zero attached hydrogens (tertiary/aromatic N) is 5. The van der Waals surface area contributed by atoms with Gasteiger partial charge in [0, 0.05) is 69.1 Å². The van der Waals surface area contributed by atoms with Gasteiger partial charge in [0.1, 0.15) is 5.82 Å². The molecule has 0 N–H and O–H groups in total. The Balaban J connectivity index is 1.31. The van der Waals surface area contributed by atoms with Gasteiger partial charge in [0.25, 0.3) is 10.0 Å². The molecule has 2 saturated heterocycles. The van der Waals surface area contributed by atoms with Gasteiger partial charge in [-0.2, -0.15) is 4.31 Å². The monoisotopic (exact) mass is 465 g/mol. The molecule has 0 saturated carbocycles. The summed E-state index contributed by atoms with van der Waals surface area (Å²) in [6, 6.07) is 7.75. The number of aromatic nitrogens is 2. The average molecular weight is 466 g/mol. The Morgan fingerprint density at radius 1 is 1.03 bits per heavy atom. The lowest BCUT2D eigenvalue weighted by Gasteiger charge is -2.39. The Morgan fingerprint density at radius 3 is 2.19 bits per heavy atom. The van der Waals surface area contributed by atoms with Crippen molar-refractivity contribution in [2.75, 3.05) is 44.2 Å². The van der Waals surface area contributed by atoms with Crippen LogP contribution in [0.4, 0.5) is 5.69 Å². The minimum absolute atomic E-state index is 0.0793. The molecule has 1 aromatic carbocycles. The third kappa shape index (κ3) is 4.58. The van der Waals surface area contributed by atoms with Crippen LogP contribution in [0, 0.1) is 12.8 Å². The van der Waals surface area contributed by atoms with E-state index in [0.717, 1.165) is 18.8 Å². The lowest BCUT2D eigenvalue weighted by Crippen LogP contribution is -2.52. The molecule has 0 atom stereocenters. The second-order valence-corrected chi connectivity index (χ2v) is 10.5. The van der Waals surface area contributed by atoms with Gasteiger partial charge in [-0.25, -0.2) is 13.4 Å². The van der Waals surface area contributed by atoms with Crippen LogP contribution < -0.4 is 4.90 Å². The summed E-state index contributed by atoms with van der Waals surface area (Å²) in [4.78, 5) is 21.4. The van der Waals surface area contributed by atoms with E-state index in [-0.39, 0.29) is 16.9 Å². The number of carbonyl (C=O) groups is 1. The molecule has 0 unspecified atom stereocenters. The summed E-state index contributed by atoms with van der Waals surface area (Å²) >= 11 is 5.97. The number of halogens is 1. The molecule has 2 aliphatic heterocycles. The van der Waals surface area contributed by atoms with Gasteiger partial charge in [0.05, 0.1) is 0 Å². The molecule has 8 nitrogen and oxygen atoms in total. The highest BCUT2D eigenvalue weighted by molar-refractivity contribution is 7.89. The van der Waals surface area contributed by atoms with Crippen LogP contribution in [0.15, 0.2) is 35.5 Å². The maximum Gasteiger partial charge on any atom is 0.262 e. The fourth-order valence-electron chi connectivity index (χ4n) is 4.22. The molecule has 0 bridgehead atoms. The second kappa shape index (κ2) is 8.80. The number of sulfonamides is 1. The molecule has 2 aliphatic rings. The van der Waals surface area contributed by atoms with Crippen molar-refractivity contribution in [2.24, 2.45) is 13.0 Å². The molecule has 2 aromatic rings. The molecule has 0 aliphatic carbocycles. The van der Waals surface area contributed by atoms with Crippen LogP contribution in [-0.4, -0.2) is 72.3 Å². The summed E-state index contributed by atoms with van der Waals surface area (Å²) in [5, 5.41) is 0.791. The number of hydrogen-bond acceptors (Lipinski definition) is 5. The van der Waals surface area contributed by atoms with Crippen LogP contribution in [0.25, 0.3) is 0 Å². The Hall–Kier alpha value is -2.10. The number of piperazine rings is 1. The minimum atomic E-state index is -3.62. The van der Waals surface area contributed by atoms with Gasteiger partial charge in [-0.15, -0.1) is 0 Å². The summed E-state index contributed by atoms with van der Waals surface area (Å²) in [6.45, 7) is 5.37. The number of aryl methyl sites for hydroxylation is 2. The first-order valence-electron chi connectivity index (χ1n) is 10.5. The maximum absolute atomic E-state index is 13.0. The molecule has 0 radical (unpaired) electrons. The average Bonchev–Trinajstić information content (AvgIpc) is 3.13. The number of imidazole rings is 1. The zero-order valence-electron chi connectivity index (χ0n) is 17.9. The number of carbonyl (C=O) groups excluding carboxylic acids is 1. The predicted octanol–water partition coefficient (Wildman–Crippen LogP) is 2.13. The number of anilines is 1. The van der Waals surface area contributed by atoms with Crippen LogP contribution in [0.5, 0.6) is 0 Å². The Kier molecular flexibility index (Phi) is 6.27. The molecular formula is C21H28ClN5O3S. The van der Waals surface area contributed by atoms with Gasteiger partial charge < -0.3 is 14.4 Å². The summed E-state index contributed by atoms with van der Waals surface area (Å²) in [7, 11) is -1.84. The molecule has 10 heteroatoms. The Morgan fingerprint density at radius 2 is 1.65 bits per heavy atom. The van der Waals surface area contributed by atoms with Gasteiger partial charge in [-0.3, -0.25) is 4.79 Å². The van der Waals surface area contributed by atoms with E-state index < -0.39 is 10.0 Å². The standard InChI is InChI=1S/C21H28ClN5O3S/c1-16-23-20(15-24(16)2)31(29,30)27-9-7-17(8-10-27)21(28)26-13-11-25(12-14-26)19-5-3-18(22)4-6-19/h3-6,15,17H,7-14H2,1-2H3. The molecule has 31 heavy (non-hydrogen) atoms. The molecule has 2 fully saturated rings. The number of hydrogen-bond donors (Lipinski definition) is 0. The van der Waals surface area contributed by atoms with E-state index in [1.165, 1.54) is 4.31 Å². The van der Waals surface area contributed by atoms with Gasteiger partial charge in [-0.05, 0) is 44.0 Å². The van der Waals surface area contributed by atoms with Crippen LogP contribution >= 0.6 is 11.6 Å². The molecule has 3 heterocycles. The maximum atomic E-state index is 13.0. The summed E-state index contributed by atoms with van der Waals surface area (Å²) in [6.07, 6.45) is 2.63. The van der Waals surface area contributed by atoms with Gasteiger partial charge in [0.15, 0.2) is 5.03 Å². The molecule has 168 valence electrons. The van der Waals surface area contributed by atoms with E-state index in [1.807, 2.05) is 29.2 Å². The summed E-state index contributed by atoms with van der Waals surface area (Å²) in [5.74, 6) is 0.668. The van der Waals surface area contributed by atoms with Crippen molar-refractivity contribution in [1.29, 1.82) is 0 Å². The first-order valence-corrected chi connectivity index (χ1v) is 12.4. The largest absolute Gasteiger partial charge is 0.368 e. The highest BCUT2D eigenvalue weighted by atomic mass is 35.5. The van der Waals surface area contributed by atoms with E-state index in [2.05, 4.69) is 9.88 Å². The van der Waals surface area contributed by atoms with Crippen LogP contribution in [0.2, 0.25) is 5.02 Å². The predicted molar refractivity (Wildman–Crippen MR) is 120 cm³/mol. The van der Waals surface area contributed by atoms with E-state index in [0.29, 0.717) is 49.9 Å². The molecule has 1 aromatic heterocycles. The van der Waals surface area contributed by atoms with E-state index in [4.69, 9.17) is 11.6 Å². The number of piperidine rings is 1. The van der Waals surface area contributed by atoms with E-state index in [9.17, 15) is 13.2 Å². The minimum Gasteiger partial charge on any atom is -0.368 e. The second-order valence-electron chi connectivity index (χ2n) is 8.20. The van der Waals surface area contributed by atoms with Crippen LogP contribution in [-0.2, 0) is 21.9 Å². The fraction of sp³-hybridized carbons (Fsp3) is 0.524. The molecule has 0 spiro atoms. The highest BCUT2D eigenvalue weighted by Crippen LogP contribution is 2.26. The van der Waals surface area contributed by atoms with Crippen LogP contribution in [0.1, 0.15) is 18.7 Å². The lowest BCUT2D eigenvalue weighted by atomic mass is 9.96. The van der Waals surface area contributed by atoms with Gasteiger partial charge in [-0.1, -0.05) is 11.6 Å². The normalized spacial score (nSPS) is 19.1. The third-order valence-corrected chi connectivity index (χ3v) is 8.30. The number of amides is 1. The Labute approximate surface area is 188 Å². The molecular weight excluding hydrogens is 438 g/mol. The number of benzene rings is 1. The smallest absolute Gasteiger partial charge is 0.262 e. The fourth-order valence-corrected chi connectivity index (χ4v) is 5.84. The highest BCUT2D eigenvalue weighted by Gasteiger charge is 2.35. The number of rotatable bonds is 4. The van der Waals surface area contributed by atoms with Crippen molar-refractivity contribution < 1.29 is 13.2 Å². The summed E-state index contributed by atoms with van der Waals surface area (Å²) in [5.41, 5.74) is 1.11. The van der Waals surface area contributed by atoms with E-state index >= 15 is 0 Å². The first-order chi connectivity index (χ1) is 14.8. The van der Waals surface area contributed by atoms with Gasteiger partial charge in [0.2, 0.25) is 5.91 Å². The summed E-state index contributed by atoms with van der Waals surface area (Å²) < 4.78 is 28.9. The van der Waals surface area contributed by atoms with Crippen molar-refractivity contribution in [3.63, 3.8) is 0 Å². The Bertz CT molecular complexity index is 1020. The zero-order valence-corrected chi connectivity index (χ0v) is 19.4. The zero-order chi connectivity index (χ0) is 22.2. The molecule has 1 amide bonds. The van der Waals surface area contributed by atoms with Crippen molar-refractivity contribution in [3.05, 3.63) is 41.3 Å². The quantitative estimate of drug-likeness (QED) is 0.691. The van der Waals surface area contributed by atoms with Crippen molar-refractivity contribution in [1.82, 2.24) is 18.8 Å². The van der Waals surface area contributed by atoms with E-state index in [1.54, 1.807) is 24.7 Å². The van der Waals surface area contributed by atoms with Crippen molar-refractivity contribution >= 4 is 33.2 Å². The topological polar surface area (TPSA) is 78.8 Å². The van der Waals surface area contributed by atoms with Crippen molar-refractivity contribution in [3.8, 4) is 0 Å². The van der Waals surface area contributed by atoms with Crippen molar-refractivity contribution in [2.45, 2.75) is 24.8 Å². The molecule has 4 rings (SSSR count). The first kappa shape index (κ1) is 22.1. The lowest BCUT2D eigenvalue weighted by molar-refractivity contribution is -0.137. The van der Waals surface area contributed by atoms with Gasteiger partial charge >= 0.3 is 0 Å². The third-order valence-electron chi connectivity index (χ3n) is 6.28. The SMILES string of the molecule is Cc1nc(S(=O)(=O)N2CCC(C(=O)N3CCN(c4ccc(Cl)cc4)CC3)CC2)cn1C.